The van der Waals surface area contributed by atoms with Gasteiger partial charge in [-0.1, -0.05) is 6.07 Å². The molecule has 180 valence electrons. The Hall–Kier alpha value is -4.21. The first-order valence-corrected chi connectivity index (χ1v) is 10.6. The number of carbonyl (C=O) groups excluding carboxylic acids is 3. The number of hydrogen-bond donors (Lipinski definition) is 2. The molecule has 1 aliphatic rings. The molecule has 0 radical (unpaired) electrons. The van der Waals surface area contributed by atoms with Gasteiger partial charge < -0.3 is 34.9 Å². The summed E-state index contributed by atoms with van der Waals surface area (Å²) in [4.78, 5) is 37.5. The summed E-state index contributed by atoms with van der Waals surface area (Å²) in [7, 11) is 1.46. The largest absolute Gasteiger partial charge is 0.493 e. The van der Waals surface area contributed by atoms with Crippen molar-refractivity contribution in [2.75, 3.05) is 45.3 Å². The molecule has 2 aromatic carbocycles. The quantitative estimate of drug-likeness (QED) is 0.508. The zero-order valence-electron chi connectivity index (χ0n) is 19.0. The van der Waals surface area contributed by atoms with E-state index in [2.05, 4.69) is 5.32 Å². The Morgan fingerprint density at radius 3 is 2.56 bits per heavy atom. The van der Waals surface area contributed by atoms with Crippen LogP contribution in [0.4, 0.5) is 5.69 Å². The van der Waals surface area contributed by atoms with Gasteiger partial charge in [0.2, 0.25) is 11.8 Å². The highest BCUT2D eigenvalue weighted by atomic mass is 16.6. The van der Waals surface area contributed by atoms with Gasteiger partial charge in [0, 0.05) is 24.4 Å². The van der Waals surface area contributed by atoms with Crippen LogP contribution in [0.25, 0.3) is 6.08 Å². The standard InChI is InChI=1S/C24H27N3O7/c1-3-27(14-23(29)26-17-6-8-19-21(13-17)33-11-10-32-19)24(30)9-5-16-4-7-18(20(12-16)31-2)34-15-22(25)28/h4-9,12-13H,3,10-11,14-15H2,1-2H3,(H2,25,28)(H,26,29)/b9-5+. The summed E-state index contributed by atoms with van der Waals surface area (Å²) in [5.41, 5.74) is 6.32. The van der Waals surface area contributed by atoms with E-state index in [1.807, 2.05) is 0 Å². The lowest BCUT2D eigenvalue weighted by Crippen LogP contribution is -2.36. The number of methoxy groups -OCH3 is 1. The Morgan fingerprint density at radius 1 is 1.09 bits per heavy atom. The molecular formula is C24H27N3O7. The summed E-state index contributed by atoms with van der Waals surface area (Å²) >= 11 is 0. The van der Waals surface area contributed by atoms with Crippen molar-refractivity contribution in [3.8, 4) is 23.0 Å². The van der Waals surface area contributed by atoms with Gasteiger partial charge in [-0.2, -0.15) is 0 Å². The van der Waals surface area contributed by atoms with Crippen LogP contribution in [0.15, 0.2) is 42.5 Å². The van der Waals surface area contributed by atoms with Gasteiger partial charge in [0.05, 0.1) is 7.11 Å². The average molecular weight is 469 g/mol. The Morgan fingerprint density at radius 2 is 1.85 bits per heavy atom. The molecule has 34 heavy (non-hydrogen) atoms. The van der Waals surface area contributed by atoms with Gasteiger partial charge in [-0.15, -0.1) is 0 Å². The smallest absolute Gasteiger partial charge is 0.255 e. The van der Waals surface area contributed by atoms with E-state index in [1.54, 1.807) is 49.4 Å². The number of benzene rings is 2. The van der Waals surface area contributed by atoms with E-state index in [0.29, 0.717) is 54.0 Å². The maximum absolute atomic E-state index is 12.6. The maximum atomic E-state index is 12.6. The Bertz CT molecular complexity index is 1080. The van der Waals surface area contributed by atoms with Gasteiger partial charge in [0.15, 0.2) is 29.6 Å². The molecule has 3 amide bonds. The number of fused-ring (bicyclic) bond motifs is 1. The predicted octanol–water partition coefficient (Wildman–Crippen LogP) is 1.83. The van der Waals surface area contributed by atoms with Crippen molar-refractivity contribution in [2.24, 2.45) is 5.73 Å². The molecule has 0 aliphatic carbocycles. The van der Waals surface area contributed by atoms with E-state index in [-0.39, 0.29) is 25.0 Å². The van der Waals surface area contributed by atoms with Crippen molar-refractivity contribution in [1.82, 2.24) is 4.90 Å². The zero-order valence-corrected chi connectivity index (χ0v) is 19.0. The molecule has 10 heteroatoms. The fourth-order valence-corrected chi connectivity index (χ4v) is 3.17. The molecule has 2 aromatic rings. The van der Waals surface area contributed by atoms with Gasteiger partial charge in [-0.25, -0.2) is 0 Å². The number of likely N-dealkylation sites (N-methyl/N-ethyl adjacent to an activating group) is 1. The fraction of sp³-hybridized carbons (Fsp3) is 0.292. The van der Waals surface area contributed by atoms with Crippen molar-refractivity contribution in [2.45, 2.75) is 6.92 Å². The zero-order chi connectivity index (χ0) is 24.5. The van der Waals surface area contributed by atoms with Crippen LogP contribution in [0, 0.1) is 0 Å². The Kier molecular flexibility index (Phi) is 8.33. The van der Waals surface area contributed by atoms with Crippen LogP contribution >= 0.6 is 0 Å². The minimum Gasteiger partial charge on any atom is -0.493 e. The van der Waals surface area contributed by atoms with E-state index in [4.69, 9.17) is 24.7 Å². The first-order chi connectivity index (χ1) is 16.4. The minimum atomic E-state index is -0.603. The van der Waals surface area contributed by atoms with Gasteiger partial charge >= 0.3 is 0 Å². The first kappa shape index (κ1) is 24.4. The average Bonchev–Trinajstić information content (AvgIpc) is 2.84. The van der Waals surface area contributed by atoms with E-state index in [0.717, 1.165) is 0 Å². The molecule has 3 N–H and O–H groups in total. The first-order valence-electron chi connectivity index (χ1n) is 10.6. The van der Waals surface area contributed by atoms with Gasteiger partial charge in [-0.3, -0.25) is 14.4 Å². The van der Waals surface area contributed by atoms with Gasteiger partial charge in [0.1, 0.15) is 19.8 Å². The third kappa shape index (κ3) is 6.64. The summed E-state index contributed by atoms with van der Waals surface area (Å²) in [5, 5.41) is 2.77. The lowest BCUT2D eigenvalue weighted by Gasteiger charge is -2.20. The molecule has 10 nitrogen and oxygen atoms in total. The molecule has 1 heterocycles. The fourth-order valence-electron chi connectivity index (χ4n) is 3.17. The number of rotatable bonds is 10. The predicted molar refractivity (Wildman–Crippen MR) is 125 cm³/mol. The lowest BCUT2D eigenvalue weighted by atomic mass is 10.2. The second kappa shape index (κ2) is 11.6. The number of anilines is 1. The number of primary amides is 1. The van der Waals surface area contributed by atoms with E-state index < -0.39 is 5.91 Å². The van der Waals surface area contributed by atoms with E-state index >= 15 is 0 Å². The van der Waals surface area contributed by atoms with Gasteiger partial charge in [0.25, 0.3) is 5.91 Å². The molecular weight excluding hydrogens is 442 g/mol. The van der Waals surface area contributed by atoms with E-state index in [1.165, 1.54) is 18.1 Å². The molecule has 0 saturated heterocycles. The number of hydrogen-bond acceptors (Lipinski definition) is 7. The van der Waals surface area contributed by atoms with Crippen LogP contribution in [-0.2, 0) is 14.4 Å². The van der Waals surface area contributed by atoms with E-state index in [9.17, 15) is 14.4 Å². The topological polar surface area (TPSA) is 129 Å². The van der Waals surface area contributed by atoms with Crippen molar-refractivity contribution in [3.63, 3.8) is 0 Å². The van der Waals surface area contributed by atoms with Crippen LogP contribution in [0.2, 0.25) is 0 Å². The van der Waals surface area contributed by atoms with Crippen LogP contribution in [-0.4, -0.2) is 62.6 Å². The molecule has 1 aliphatic heterocycles. The molecule has 0 aromatic heterocycles. The number of nitrogens with zero attached hydrogens (tertiary/aromatic N) is 1. The summed E-state index contributed by atoms with van der Waals surface area (Å²) in [6.45, 7) is 2.68. The summed E-state index contributed by atoms with van der Waals surface area (Å²) in [6, 6.07) is 10.1. The summed E-state index contributed by atoms with van der Waals surface area (Å²) in [5.74, 6) is 0.679. The highest BCUT2D eigenvalue weighted by Crippen LogP contribution is 2.32. The highest BCUT2D eigenvalue weighted by Gasteiger charge is 2.16. The summed E-state index contributed by atoms with van der Waals surface area (Å²) in [6.07, 6.45) is 2.98. The number of carbonyl (C=O) groups is 3. The molecule has 0 spiro atoms. The van der Waals surface area contributed by atoms with Crippen molar-refractivity contribution >= 4 is 29.5 Å². The number of ether oxygens (including phenoxy) is 4. The normalized spacial score (nSPS) is 12.2. The SMILES string of the molecule is CCN(CC(=O)Nc1ccc2c(c1)OCCO2)C(=O)/C=C/c1ccc(OCC(N)=O)c(OC)c1. The van der Waals surface area contributed by atoms with Crippen molar-refractivity contribution in [3.05, 3.63) is 48.0 Å². The molecule has 0 fully saturated rings. The van der Waals surface area contributed by atoms with Crippen molar-refractivity contribution in [1.29, 1.82) is 0 Å². The Labute approximate surface area is 197 Å². The minimum absolute atomic E-state index is 0.114. The lowest BCUT2D eigenvalue weighted by molar-refractivity contribution is -0.130. The number of nitrogens with one attached hydrogen (secondary N) is 1. The molecule has 3 rings (SSSR count). The third-order valence-corrected chi connectivity index (χ3v) is 4.83. The van der Waals surface area contributed by atoms with Crippen LogP contribution in [0.5, 0.6) is 23.0 Å². The highest BCUT2D eigenvalue weighted by molar-refractivity contribution is 5.98. The van der Waals surface area contributed by atoms with Crippen molar-refractivity contribution < 1.29 is 33.3 Å². The second-order valence-corrected chi connectivity index (χ2v) is 7.26. The maximum Gasteiger partial charge on any atom is 0.255 e. The van der Waals surface area contributed by atoms with Crippen LogP contribution < -0.4 is 30.0 Å². The Balaban J connectivity index is 1.59. The molecule has 0 unspecified atom stereocenters. The third-order valence-electron chi connectivity index (χ3n) is 4.83. The molecule has 0 bridgehead atoms. The van der Waals surface area contributed by atoms with Gasteiger partial charge in [-0.05, 0) is 42.8 Å². The molecule has 0 atom stereocenters. The second-order valence-electron chi connectivity index (χ2n) is 7.26. The molecule has 0 saturated carbocycles. The number of nitrogens with two attached hydrogens (primary N) is 1. The summed E-state index contributed by atoms with van der Waals surface area (Å²) < 4.78 is 21.5. The van der Waals surface area contributed by atoms with Crippen LogP contribution in [0.3, 0.4) is 0 Å². The van der Waals surface area contributed by atoms with Crippen LogP contribution in [0.1, 0.15) is 12.5 Å². The monoisotopic (exact) mass is 469 g/mol. The number of amides is 3.